The summed E-state index contributed by atoms with van der Waals surface area (Å²) in [6.45, 7) is 0.983. The van der Waals surface area contributed by atoms with Gasteiger partial charge in [-0.15, -0.1) is 11.3 Å². The predicted octanol–water partition coefficient (Wildman–Crippen LogP) is 5.45. The molecule has 1 amide bonds. The van der Waals surface area contributed by atoms with Gasteiger partial charge in [-0.25, -0.2) is 13.4 Å². The number of benzene rings is 3. The summed E-state index contributed by atoms with van der Waals surface area (Å²) >= 11 is 1.34. The molecule has 5 rings (SSSR count). The summed E-state index contributed by atoms with van der Waals surface area (Å²) in [5.74, 6) is -0.347. The minimum absolute atomic E-state index is 0.0739. The molecule has 1 atom stereocenters. The second kappa shape index (κ2) is 11.6. The lowest BCUT2D eigenvalue weighted by atomic mass is 10.0. The van der Waals surface area contributed by atoms with Gasteiger partial charge >= 0.3 is 0 Å². The highest BCUT2D eigenvalue weighted by Gasteiger charge is 2.26. The highest BCUT2D eigenvalue weighted by molar-refractivity contribution is 7.89. The van der Waals surface area contributed by atoms with Crippen molar-refractivity contribution in [2.24, 2.45) is 0 Å². The average Bonchev–Trinajstić information content (AvgIpc) is 3.62. The molecule has 1 fully saturated rings. The maximum Gasteiger partial charge on any atom is 0.257 e. The highest BCUT2D eigenvalue weighted by atomic mass is 32.2. The van der Waals surface area contributed by atoms with E-state index in [9.17, 15) is 13.2 Å². The Morgan fingerprint density at radius 2 is 1.74 bits per heavy atom. The number of nitrogens with one attached hydrogen (secondary N) is 1. The Morgan fingerprint density at radius 1 is 1.03 bits per heavy atom. The monoisotopic (exact) mass is 547 g/mol. The van der Waals surface area contributed by atoms with Crippen molar-refractivity contribution in [3.05, 3.63) is 101 Å². The van der Waals surface area contributed by atoms with Crippen LogP contribution in [0.4, 0.5) is 5.13 Å². The number of ether oxygens (including phenoxy) is 1. The Bertz CT molecular complexity index is 1480. The molecule has 0 saturated carbocycles. The molecule has 9 heteroatoms. The van der Waals surface area contributed by atoms with Crippen LogP contribution in [0.3, 0.4) is 0 Å². The van der Waals surface area contributed by atoms with E-state index in [1.54, 1.807) is 7.05 Å². The largest absolute Gasteiger partial charge is 0.377 e. The fraction of sp³-hybridized carbons (Fsp3) is 0.241. The lowest BCUT2D eigenvalue weighted by Gasteiger charge is -2.20. The van der Waals surface area contributed by atoms with Crippen molar-refractivity contribution in [3.63, 3.8) is 0 Å². The first-order valence-electron chi connectivity index (χ1n) is 12.5. The topological polar surface area (TPSA) is 88.6 Å². The quantitative estimate of drug-likeness (QED) is 0.301. The minimum Gasteiger partial charge on any atom is -0.377 e. The number of rotatable bonds is 9. The molecule has 1 aromatic heterocycles. The van der Waals surface area contributed by atoms with Gasteiger partial charge in [-0.2, -0.15) is 4.31 Å². The van der Waals surface area contributed by atoms with Crippen molar-refractivity contribution < 1.29 is 17.9 Å². The zero-order chi connectivity index (χ0) is 26.5. The van der Waals surface area contributed by atoms with Crippen LogP contribution in [0.15, 0.2) is 89.1 Å². The lowest BCUT2D eigenvalue weighted by Crippen LogP contribution is -2.34. The van der Waals surface area contributed by atoms with Gasteiger partial charge in [-0.1, -0.05) is 54.6 Å². The third kappa shape index (κ3) is 6.19. The van der Waals surface area contributed by atoms with Crippen molar-refractivity contribution in [1.82, 2.24) is 9.29 Å². The molecule has 196 valence electrons. The number of hydrogen-bond donors (Lipinski definition) is 1. The van der Waals surface area contributed by atoms with E-state index >= 15 is 0 Å². The minimum atomic E-state index is -3.66. The summed E-state index contributed by atoms with van der Waals surface area (Å²) in [5, 5.41) is 5.20. The molecule has 1 aliphatic rings. The van der Waals surface area contributed by atoms with E-state index in [2.05, 4.69) is 34.6 Å². The Balaban J connectivity index is 1.20. The maximum atomic E-state index is 12.9. The van der Waals surface area contributed by atoms with Crippen molar-refractivity contribution in [3.8, 4) is 11.3 Å². The highest BCUT2D eigenvalue weighted by Crippen LogP contribution is 2.26. The molecule has 1 unspecified atom stereocenters. The molecule has 1 aliphatic heterocycles. The average molecular weight is 548 g/mol. The Labute approximate surface area is 227 Å². The molecule has 38 heavy (non-hydrogen) atoms. The van der Waals surface area contributed by atoms with Crippen molar-refractivity contribution in [2.45, 2.75) is 30.3 Å². The Morgan fingerprint density at radius 3 is 2.42 bits per heavy atom. The van der Waals surface area contributed by atoms with Crippen LogP contribution < -0.4 is 5.32 Å². The van der Waals surface area contributed by atoms with E-state index in [1.165, 1.54) is 51.0 Å². The zero-order valence-corrected chi connectivity index (χ0v) is 22.7. The SMILES string of the molecule is CN(CC1CCCO1)S(=O)(=O)c1ccc(C(=O)Nc2nc(-c3ccc(Cc4ccccc4)cc3)cs2)cc1. The molecule has 0 aliphatic carbocycles. The third-order valence-corrected chi connectivity index (χ3v) is 9.13. The maximum absolute atomic E-state index is 12.9. The normalized spacial score (nSPS) is 15.6. The first-order chi connectivity index (χ1) is 18.4. The van der Waals surface area contributed by atoms with Crippen LogP contribution in [-0.2, 0) is 21.2 Å². The van der Waals surface area contributed by atoms with Gasteiger partial charge in [-0.05, 0) is 54.7 Å². The standard InChI is InChI=1S/C29H29N3O4S2/c1-32(19-25-8-5-17-36-25)38(34,35)26-15-13-24(14-16-26)28(33)31-29-30-27(20-37-29)23-11-9-22(10-12-23)18-21-6-3-2-4-7-21/h2-4,6-7,9-16,20,25H,5,8,17-19H2,1H3,(H,30,31,33). The number of carbonyl (C=O) groups excluding carboxylic acids is 1. The van der Waals surface area contributed by atoms with E-state index < -0.39 is 10.0 Å². The molecule has 0 bridgehead atoms. The smallest absolute Gasteiger partial charge is 0.257 e. The number of nitrogens with zero attached hydrogens (tertiary/aromatic N) is 2. The fourth-order valence-corrected chi connectivity index (χ4v) is 6.31. The Hall–Kier alpha value is -3.37. The lowest BCUT2D eigenvalue weighted by molar-refractivity contribution is 0.0979. The number of amides is 1. The van der Waals surface area contributed by atoms with Crippen LogP contribution in [-0.4, -0.2) is 49.9 Å². The van der Waals surface area contributed by atoms with E-state index in [1.807, 2.05) is 35.7 Å². The number of hydrogen-bond acceptors (Lipinski definition) is 6. The Kier molecular flexibility index (Phi) is 7.99. The fourth-order valence-electron chi connectivity index (χ4n) is 4.39. The third-order valence-electron chi connectivity index (χ3n) is 6.53. The van der Waals surface area contributed by atoms with Crippen molar-refractivity contribution in [1.29, 1.82) is 0 Å². The molecule has 3 aromatic carbocycles. The number of thiazole rings is 1. The number of anilines is 1. The van der Waals surface area contributed by atoms with Gasteiger partial charge in [0.2, 0.25) is 10.0 Å². The van der Waals surface area contributed by atoms with Gasteiger partial charge in [0.05, 0.1) is 16.7 Å². The van der Waals surface area contributed by atoms with Crippen LogP contribution in [0.2, 0.25) is 0 Å². The summed E-state index contributed by atoms with van der Waals surface area (Å²) in [5.41, 5.74) is 4.59. The van der Waals surface area contributed by atoms with Crippen LogP contribution in [0.5, 0.6) is 0 Å². The van der Waals surface area contributed by atoms with Crippen LogP contribution in [0.1, 0.15) is 34.3 Å². The second-order valence-corrected chi connectivity index (χ2v) is 12.2. The molecular weight excluding hydrogens is 518 g/mol. The van der Waals surface area contributed by atoms with E-state index in [0.29, 0.717) is 23.8 Å². The van der Waals surface area contributed by atoms with Gasteiger partial charge in [0, 0.05) is 36.7 Å². The van der Waals surface area contributed by atoms with Gasteiger partial charge in [0.25, 0.3) is 5.91 Å². The first kappa shape index (κ1) is 26.2. The zero-order valence-electron chi connectivity index (χ0n) is 21.0. The van der Waals surface area contributed by atoms with Crippen LogP contribution >= 0.6 is 11.3 Å². The van der Waals surface area contributed by atoms with Gasteiger partial charge in [0.1, 0.15) is 0 Å². The second-order valence-electron chi connectivity index (χ2n) is 9.30. The van der Waals surface area contributed by atoms with Crippen molar-refractivity contribution in [2.75, 3.05) is 25.5 Å². The number of sulfonamides is 1. The molecule has 0 spiro atoms. The van der Waals surface area contributed by atoms with Gasteiger partial charge < -0.3 is 4.74 Å². The summed E-state index contributed by atoms with van der Waals surface area (Å²) in [4.78, 5) is 17.5. The molecule has 2 heterocycles. The molecule has 4 aromatic rings. The van der Waals surface area contributed by atoms with Crippen LogP contribution in [0.25, 0.3) is 11.3 Å². The number of aromatic nitrogens is 1. The predicted molar refractivity (Wildman–Crippen MR) is 150 cm³/mol. The summed E-state index contributed by atoms with van der Waals surface area (Å²) < 4.78 is 32.7. The van der Waals surface area contributed by atoms with Gasteiger partial charge in [-0.3, -0.25) is 10.1 Å². The summed E-state index contributed by atoms with van der Waals surface area (Å²) in [6, 6.07) is 24.5. The first-order valence-corrected chi connectivity index (χ1v) is 14.8. The van der Waals surface area contributed by atoms with Crippen LogP contribution in [0, 0.1) is 0 Å². The number of likely N-dealkylation sites (N-methyl/N-ethyl adjacent to an activating group) is 1. The van der Waals surface area contributed by atoms with E-state index in [-0.39, 0.29) is 16.9 Å². The molecular formula is C29H29N3O4S2. The summed E-state index contributed by atoms with van der Waals surface area (Å²) in [7, 11) is -2.11. The van der Waals surface area contributed by atoms with E-state index in [0.717, 1.165) is 30.5 Å². The molecule has 1 N–H and O–H groups in total. The molecule has 7 nitrogen and oxygen atoms in total. The number of carbonyl (C=O) groups is 1. The molecule has 1 saturated heterocycles. The van der Waals surface area contributed by atoms with Crippen molar-refractivity contribution >= 4 is 32.4 Å². The van der Waals surface area contributed by atoms with E-state index in [4.69, 9.17) is 4.74 Å². The van der Waals surface area contributed by atoms with Gasteiger partial charge in [0.15, 0.2) is 5.13 Å². The molecule has 0 radical (unpaired) electrons. The summed E-state index contributed by atoms with van der Waals surface area (Å²) in [6.07, 6.45) is 2.60.